The monoisotopic (exact) mass is 530 g/mol. The van der Waals surface area contributed by atoms with Crippen LogP contribution in [0.4, 0.5) is 11.4 Å². The van der Waals surface area contributed by atoms with E-state index in [4.69, 9.17) is 19.6 Å². The van der Waals surface area contributed by atoms with Crippen molar-refractivity contribution >= 4 is 28.1 Å². The Hall–Kier alpha value is -5.31. The van der Waals surface area contributed by atoms with Crippen molar-refractivity contribution in [3.05, 3.63) is 125 Å². The molecule has 2 heterocycles. The van der Waals surface area contributed by atoms with Crippen LogP contribution in [0.15, 0.2) is 123 Å². The molecule has 198 valence electrons. The minimum absolute atomic E-state index is 0.249. The maximum absolute atomic E-state index is 13.6. The van der Waals surface area contributed by atoms with E-state index in [9.17, 15) is 4.79 Å². The van der Waals surface area contributed by atoms with Crippen LogP contribution in [0.1, 0.15) is 17.5 Å². The van der Waals surface area contributed by atoms with Gasteiger partial charge in [-0.05, 0) is 48.9 Å². The number of aryl methyl sites for hydroxylation is 1. The van der Waals surface area contributed by atoms with Gasteiger partial charge in [0.2, 0.25) is 0 Å². The summed E-state index contributed by atoms with van der Waals surface area (Å²) in [6, 6.07) is 31.1. The first-order valence-electron chi connectivity index (χ1n) is 12.8. The summed E-state index contributed by atoms with van der Waals surface area (Å²) in [5.41, 5.74) is 5.63. The Kier molecular flexibility index (Phi) is 6.76. The van der Waals surface area contributed by atoms with E-state index in [0.717, 1.165) is 5.56 Å². The smallest absolute Gasteiger partial charge is 0.280 e. The molecule has 4 aromatic carbocycles. The average Bonchev–Trinajstić information content (AvgIpc) is 3.15. The van der Waals surface area contributed by atoms with Crippen LogP contribution in [0.2, 0.25) is 0 Å². The summed E-state index contributed by atoms with van der Waals surface area (Å²) in [6.45, 7) is 1.77. The molecule has 0 amide bonds. The molecule has 0 radical (unpaired) electrons. The van der Waals surface area contributed by atoms with Crippen LogP contribution >= 0.6 is 0 Å². The quantitative estimate of drug-likeness (QED) is 0.270. The fourth-order valence-electron chi connectivity index (χ4n) is 4.62. The second kappa shape index (κ2) is 10.8. The number of benzene rings is 4. The highest BCUT2D eigenvalue weighted by Gasteiger charge is 2.34. The lowest BCUT2D eigenvalue weighted by atomic mass is 10.0. The largest absolute Gasteiger partial charge is 0.494 e. The second-order valence-corrected chi connectivity index (χ2v) is 9.17. The third kappa shape index (κ3) is 4.80. The maximum atomic E-state index is 13.6. The fraction of sp³-hybridized carbons (Fsp3) is 0.129. The van der Waals surface area contributed by atoms with Gasteiger partial charge < -0.3 is 9.47 Å². The molecule has 9 heteroatoms. The molecular weight excluding hydrogens is 504 g/mol. The van der Waals surface area contributed by atoms with Gasteiger partial charge in [-0.25, -0.2) is 14.7 Å². The molecule has 40 heavy (non-hydrogen) atoms. The molecule has 0 aliphatic carbocycles. The first-order chi connectivity index (χ1) is 19.6. The van der Waals surface area contributed by atoms with Crippen LogP contribution < -0.4 is 20.5 Å². The number of fused-ring (bicyclic) bond motifs is 2. The molecule has 9 nitrogen and oxygen atoms in total. The minimum Gasteiger partial charge on any atom is -0.494 e. The Bertz CT molecular complexity index is 1800. The zero-order valence-electron chi connectivity index (χ0n) is 21.9. The van der Waals surface area contributed by atoms with Crippen molar-refractivity contribution in [1.82, 2.24) is 9.66 Å². The highest BCUT2D eigenvalue weighted by atomic mass is 16.5. The summed E-state index contributed by atoms with van der Waals surface area (Å²) in [6.07, 6.45) is -0.612. The SMILES string of the molecule is COc1ccccc1N=NC1C(Nn2c(C)nc3ccccc3c2=O)=Nc2ccccc2OC1c1ccccc1. The Morgan fingerprint density at radius 3 is 2.48 bits per heavy atom. The van der Waals surface area contributed by atoms with Gasteiger partial charge in [-0.3, -0.25) is 10.2 Å². The summed E-state index contributed by atoms with van der Waals surface area (Å²) in [7, 11) is 1.59. The van der Waals surface area contributed by atoms with E-state index in [1.54, 1.807) is 20.1 Å². The summed E-state index contributed by atoms with van der Waals surface area (Å²) in [5.74, 6) is 2.02. The molecular formula is C31H26N6O3. The third-order valence-electron chi connectivity index (χ3n) is 6.60. The Labute approximate surface area is 230 Å². The highest BCUT2D eigenvalue weighted by molar-refractivity contribution is 5.98. The summed E-state index contributed by atoms with van der Waals surface area (Å²) in [5, 5.41) is 9.80. The second-order valence-electron chi connectivity index (χ2n) is 9.17. The molecule has 0 saturated heterocycles. The number of aromatic nitrogens is 2. The first kappa shape index (κ1) is 25.0. The van der Waals surface area contributed by atoms with Crippen LogP contribution in [0, 0.1) is 6.92 Å². The Morgan fingerprint density at radius 2 is 1.62 bits per heavy atom. The number of rotatable bonds is 5. The molecule has 1 aliphatic heterocycles. The van der Waals surface area contributed by atoms with E-state index in [1.165, 1.54) is 4.68 Å². The molecule has 1 aliphatic rings. The van der Waals surface area contributed by atoms with Crippen LogP contribution in [0.3, 0.4) is 0 Å². The van der Waals surface area contributed by atoms with Gasteiger partial charge in [0.25, 0.3) is 5.56 Å². The molecule has 5 aromatic rings. The Morgan fingerprint density at radius 1 is 0.900 bits per heavy atom. The van der Waals surface area contributed by atoms with Gasteiger partial charge >= 0.3 is 0 Å². The predicted octanol–water partition coefficient (Wildman–Crippen LogP) is 6.27. The van der Waals surface area contributed by atoms with Gasteiger partial charge in [0.15, 0.2) is 18.0 Å². The van der Waals surface area contributed by atoms with Gasteiger partial charge in [0, 0.05) is 0 Å². The lowest BCUT2D eigenvalue weighted by Gasteiger charge is -2.25. The molecule has 0 bridgehead atoms. The summed E-state index contributed by atoms with van der Waals surface area (Å²) >= 11 is 0. The molecule has 1 aromatic heterocycles. The van der Waals surface area contributed by atoms with Crippen molar-refractivity contribution in [2.45, 2.75) is 19.1 Å². The molecule has 2 atom stereocenters. The van der Waals surface area contributed by atoms with Crippen molar-refractivity contribution in [3.63, 3.8) is 0 Å². The van der Waals surface area contributed by atoms with Gasteiger partial charge in [-0.2, -0.15) is 10.2 Å². The number of azo groups is 1. The summed E-state index contributed by atoms with van der Waals surface area (Å²) in [4.78, 5) is 23.1. The third-order valence-corrected chi connectivity index (χ3v) is 6.60. The topological polar surface area (TPSA) is 102 Å². The molecule has 0 fully saturated rings. The number of nitrogens with one attached hydrogen (secondary N) is 1. The van der Waals surface area contributed by atoms with Crippen molar-refractivity contribution < 1.29 is 9.47 Å². The van der Waals surface area contributed by atoms with E-state index in [1.807, 2.05) is 97.1 Å². The van der Waals surface area contributed by atoms with Crippen LogP contribution in [-0.2, 0) is 0 Å². The Balaban J connectivity index is 1.53. The lowest BCUT2D eigenvalue weighted by Crippen LogP contribution is -2.42. The van der Waals surface area contributed by atoms with E-state index in [-0.39, 0.29) is 5.56 Å². The number of methoxy groups -OCH3 is 1. The van der Waals surface area contributed by atoms with Crippen molar-refractivity contribution in [3.8, 4) is 11.5 Å². The zero-order valence-corrected chi connectivity index (χ0v) is 21.9. The van der Waals surface area contributed by atoms with Crippen LogP contribution in [0.25, 0.3) is 10.9 Å². The molecule has 0 saturated carbocycles. The van der Waals surface area contributed by atoms with E-state index in [2.05, 4.69) is 15.5 Å². The van der Waals surface area contributed by atoms with Crippen molar-refractivity contribution in [1.29, 1.82) is 0 Å². The maximum Gasteiger partial charge on any atom is 0.280 e. The standard InChI is InChI=1S/C31H26N6O3/c1-20-32-23-15-7-6-14-22(23)31(38)37(20)36-30-28(35-34-25-17-9-10-18-26(25)39-2)29(21-12-4-3-5-13-21)40-27-19-11-8-16-24(27)33-30/h3-19,28-29H,1-2H3,(H,33,36). The number of amidine groups is 1. The molecule has 1 N–H and O–H groups in total. The summed E-state index contributed by atoms with van der Waals surface area (Å²) < 4.78 is 13.4. The molecule has 0 spiro atoms. The number of ether oxygens (including phenoxy) is 2. The van der Waals surface area contributed by atoms with Crippen molar-refractivity contribution in [2.24, 2.45) is 15.2 Å². The molecule has 6 rings (SSSR count). The number of para-hydroxylation sites is 4. The lowest BCUT2D eigenvalue weighted by molar-refractivity contribution is 0.198. The van der Waals surface area contributed by atoms with Gasteiger partial charge in [-0.15, -0.1) is 0 Å². The normalized spacial score (nSPS) is 16.6. The van der Waals surface area contributed by atoms with Gasteiger partial charge in [0.05, 0.1) is 18.0 Å². The highest BCUT2D eigenvalue weighted by Crippen LogP contribution is 2.38. The number of hydrogen-bond acceptors (Lipinski definition) is 8. The van der Waals surface area contributed by atoms with Crippen LogP contribution in [-0.4, -0.2) is 28.6 Å². The minimum atomic E-state index is -0.766. The number of hydrogen-bond donors (Lipinski definition) is 1. The van der Waals surface area contributed by atoms with Crippen LogP contribution in [0.5, 0.6) is 11.5 Å². The molecule has 2 unspecified atom stereocenters. The van der Waals surface area contributed by atoms with Gasteiger partial charge in [-0.1, -0.05) is 66.7 Å². The van der Waals surface area contributed by atoms with Gasteiger partial charge in [0.1, 0.15) is 28.7 Å². The number of nitrogens with zero attached hydrogens (tertiary/aromatic N) is 5. The average molecular weight is 531 g/mol. The zero-order chi connectivity index (χ0) is 27.5. The van der Waals surface area contributed by atoms with Crippen molar-refractivity contribution in [2.75, 3.05) is 12.5 Å². The van der Waals surface area contributed by atoms with E-state index in [0.29, 0.717) is 45.4 Å². The fourth-order valence-corrected chi connectivity index (χ4v) is 4.62. The predicted molar refractivity (Wildman–Crippen MR) is 155 cm³/mol. The first-order valence-corrected chi connectivity index (χ1v) is 12.8. The number of aliphatic imine (C=N–C) groups is 1. The van der Waals surface area contributed by atoms with E-state index >= 15 is 0 Å². The van der Waals surface area contributed by atoms with E-state index < -0.39 is 12.1 Å².